The van der Waals surface area contributed by atoms with E-state index in [4.69, 9.17) is 9.84 Å². The lowest BCUT2D eigenvalue weighted by molar-refractivity contribution is 0.0936. The molecule has 2 heterocycles. The Bertz CT molecular complexity index is 1430. The van der Waals surface area contributed by atoms with Gasteiger partial charge < -0.3 is 10.1 Å². The third kappa shape index (κ3) is 6.26. The first-order valence-electron chi connectivity index (χ1n) is 13.7. The van der Waals surface area contributed by atoms with Crippen molar-refractivity contribution in [2.75, 3.05) is 33.4 Å². The van der Waals surface area contributed by atoms with E-state index in [9.17, 15) is 4.79 Å². The van der Waals surface area contributed by atoms with E-state index in [1.807, 2.05) is 19.1 Å². The predicted octanol–water partition coefficient (Wildman–Crippen LogP) is 6.29. The summed E-state index contributed by atoms with van der Waals surface area (Å²) in [5, 5.41) is 8.82. The van der Waals surface area contributed by atoms with Crippen molar-refractivity contribution in [3.8, 4) is 0 Å². The molecule has 5 rings (SSSR count). The first-order valence-corrected chi connectivity index (χ1v) is 14.5. The molecule has 6 nitrogen and oxygen atoms in total. The van der Waals surface area contributed by atoms with Gasteiger partial charge in [-0.3, -0.25) is 14.4 Å². The van der Waals surface area contributed by atoms with Crippen molar-refractivity contribution in [2.24, 2.45) is 5.92 Å². The normalized spacial score (nSPS) is 15.5. The van der Waals surface area contributed by atoms with Gasteiger partial charge in [-0.1, -0.05) is 58.4 Å². The molecular weight excluding hydrogens is 552 g/mol. The number of nitrogens with zero attached hydrogens (tertiary/aromatic N) is 3. The molecule has 1 unspecified atom stereocenters. The minimum atomic E-state index is -0.0690. The van der Waals surface area contributed by atoms with Crippen molar-refractivity contribution in [2.45, 2.75) is 39.3 Å². The molecule has 1 aliphatic rings. The summed E-state index contributed by atoms with van der Waals surface area (Å²) in [6.45, 7) is 8.15. The number of amides is 1. The first-order chi connectivity index (χ1) is 18.9. The molecule has 0 radical (unpaired) electrons. The number of hydrogen-bond acceptors (Lipinski definition) is 4. The monoisotopic (exact) mass is 588 g/mol. The number of ether oxygens (including phenoxy) is 1. The minimum Gasteiger partial charge on any atom is -0.383 e. The number of rotatable bonds is 9. The molecule has 3 aromatic carbocycles. The first kappa shape index (κ1) is 27.6. The van der Waals surface area contributed by atoms with Crippen LogP contribution < -0.4 is 5.32 Å². The Morgan fingerprint density at radius 3 is 2.56 bits per heavy atom. The molecule has 39 heavy (non-hydrogen) atoms. The van der Waals surface area contributed by atoms with Gasteiger partial charge in [-0.25, -0.2) is 0 Å². The summed E-state index contributed by atoms with van der Waals surface area (Å²) in [5.74, 6) is 0.497. The molecule has 0 spiro atoms. The standard InChI is InChI=1S/C32H37BrN4O2/c1-22-19-26(9-11-29(22)33)31(25-7-5-4-6-8-25)36-16-13-24(14-17-36)20-37-21-28-23(2)27(10-12-30(28)35-37)32(38)34-15-18-39-3/h4-12,19,21,24,31H,13-18,20H2,1-3H3,(H,34,38). The quantitative estimate of drug-likeness (QED) is 0.233. The van der Waals surface area contributed by atoms with Crippen LogP contribution in [0, 0.1) is 19.8 Å². The van der Waals surface area contributed by atoms with E-state index in [1.165, 1.54) is 16.7 Å². The summed E-state index contributed by atoms with van der Waals surface area (Å²) in [4.78, 5) is 15.3. The molecule has 1 aliphatic heterocycles. The number of likely N-dealkylation sites (tertiary alicyclic amines) is 1. The summed E-state index contributed by atoms with van der Waals surface area (Å²) in [5.41, 5.74) is 6.55. The van der Waals surface area contributed by atoms with Gasteiger partial charge in [0.25, 0.3) is 5.91 Å². The molecular formula is C32H37BrN4O2. The Balaban J connectivity index is 1.28. The second-order valence-corrected chi connectivity index (χ2v) is 11.4. The molecule has 4 aromatic rings. The lowest BCUT2D eigenvalue weighted by atomic mass is 9.91. The van der Waals surface area contributed by atoms with E-state index in [2.05, 4.69) is 92.5 Å². The summed E-state index contributed by atoms with van der Waals surface area (Å²) < 4.78 is 8.28. The summed E-state index contributed by atoms with van der Waals surface area (Å²) in [6.07, 6.45) is 4.36. The molecule has 0 saturated carbocycles. The number of aryl methyl sites for hydroxylation is 2. The molecule has 1 aromatic heterocycles. The third-order valence-electron chi connectivity index (χ3n) is 7.92. The summed E-state index contributed by atoms with van der Waals surface area (Å²) in [6, 6.07) is 21.7. The second kappa shape index (κ2) is 12.5. The van der Waals surface area contributed by atoms with E-state index >= 15 is 0 Å². The maximum atomic E-state index is 12.6. The SMILES string of the molecule is COCCNC(=O)c1ccc2nn(CC3CCN(C(c4ccccc4)c4ccc(Br)c(C)c4)CC3)cc2c1C. The fraction of sp³-hybridized carbons (Fsp3) is 0.375. The van der Waals surface area contributed by atoms with Crippen LogP contribution in [0.3, 0.4) is 0 Å². The average Bonchev–Trinajstić information content (AvgIpc) is 3.36. The number of methoxy groups -OCH3 is 1. The van der Waals surface area contributed by atoms with Gasteiger partial charge in [0.15, 0.2) is 0 Å². The summed E-state index contributed by atoms with van der Waals surface area (Å²) >= 11 is 3.66. The number of aromatic nitrogens is 2. The van der Waals surface area contributed by atoms with Crippen molar-refractivity contribution in [3.05, 3.63) is 99.2 Å². The van der Waals surface area contributed by atoms with Crippen molar-refractivity contribution < 1.29 is 9.53 Å². The zero-order valence-corrected chi connectivity index (χ0v) is 24.6. The van der Waals surface area contributed by atoms with Crippen molar-refractivity contribution in [1.29, 1.82) is 0 Å². The predicted molar refractivity (Wildman–Crippen MR) is 160 cm³/mol. The van der Waals surface area contributed by atoms with Gasteiger partial charge in [-0.05, 0) is 86.1 Å². The Morgan fingerprint density at radius 2 is 1.85 bits per heavy atom. The minimum absolute atomic E-state index is 0.0690. The van der Waals surface area contributed by atoms with Gasteiger partial charge >= 0.3 is 0 Å². The number of benzene rings is 3. The van der Waals surface area contributed by atoms with Gasteiger partial charge in [0, 0.05) is 41.8 Å². The van der Waals surface area contributed by atoms with E-state index in [-0.39, 0.29) is 11.9 Å². The zero-order chi connectivity index (χ0) is 27.4. The smallest absolute Gasteiger partial charge is 0.251 e. The lowest BCUT2D eigenvalue weighted by Crippen LogP contribution is -2.38. The Hall–Kier alpha value is -3.00. The molecule has 0 aliphatic carbocycles. The maximum absolute atomic E-state index is 12.6. The number of carbonyl (C=O) groups excluding carboxylic acids is 1. The van der Waals surface area contributed by atoms with Crippen LogP contribution in [-0.2, 0) is 11.3 Å². The molecule has 204 valence electrons. The fourth-order valence-electron chi connectivity index (χ4n) is 5.73. The molecule has 1 atom stereocenters. The van der Waals surface area contributed by atoms with E-state index in [0.29, 0.717) is 24.6 Å². The Kier molecular flexibility index (Phi) is 8.80. The van der Waals surface area contributed by atoms with Crippen LogP contribution in [0.4, 0.5) is 0 Å². The van der Waals surface area contributed by atoms with E-state index in [1.54, 1.807) is 7.11 Å². The zero-order valence-electron chi connectivity index (χ0n) is 23.0. The second-order valence-electron chi connectivity index (χ2n) is 10.6. The van der Waals surface area contributed by atoms with Crippen LogP contribution in [0.5, 0.6) is 0 Å². The highest BCUT2D eigenvalue weighted by molar-refractivity contribution is 9.10. The van der Waals surface area contributed by atoms with Gasteiger partial charge in [0.2, 0.25) is 0 Å². The third-order valence-corrected chi connectivity index (χ3v) is 8.80. The van der Waals surface area contributed by atoms with Crippen LogP contribution in [0.25, 0.3) is 10.9 Å². The van der Waals surface area contributed by atoms with E-state index in [0.717, 1.165) is 53.4 Å². The highest BCUT2D eigenvalue weighted by Gasteiger charge is 2.28. The number of fused-ring (bicyclic) bond motifs is 1. The van der Waals surface area contributed by atoms with Gasteiger partial charge in [-0.2, -0.15) is 5.10 Å². The molecule has 0 bridgehead atoms. The molecule has 1 N–H and O–H groups in total. The average molecular weight is 590 g/mol. The number of halogens is 1. The largest absolute Gasteiger partial charge is 0.383 e. The van der Waals surface area contributed by atoms with Crippen LogP contribution in [0.15, 0.2) is 71.3 Å². The van der Waals surface area contributed by atoms with Crippen LogP contribution in [0.2, 0.25) is 0 Å². The highest BCUT2D eigenvalue weighted by atomic mass is 79.9. The van der Waals surface area contributed by atoms with Crippen molar-refractivity contribution >= 4 is 32.7 Å². The maximum Gasteiger partial charge on any atom is 0.251 e. The number of piperidine rings is 1. The summed E-state index contributed by atoms with van der Waals surface area (Å²) in [7, 11) is 1.63. The number of nitrogens with one attached hydrogen (secondary N) is 1. The van der Waals surface area contributed by atoms with E-state index < -0.39 is 0 Å². The van der Waals surface area contributed by atoms with Crippen LogP contribution in [-0.4, -0.2) is 53.9 Å². The lowest BCUT2D eigenvalue weighted by Gasteiger charge is -2.38. The Morgan fingerprint density at radius 1 is 1.08 bits per heavy atom. The topological polar surface area (TPSA) is 59.4 Å². The molecule has 1 amide bonds. The van der Waals surface area contributed by atoms with Gasteiger partial charge in [-0.15, -0.1) is 0 Å². The molecule has 1 fully saturated rings. The fourth-order valence-corrected chi connectivity index (χ4v) is 5.97. The number of carbonyl (C=O) groups is 1. The van der Waals surface area contributed by atoms with Crippen LogP contribution in [0.1, 0.15) is 51.5 Å². The molecule has 1 saturated heterocycles. The number of hydrogen-bond donors (Lipinski definition) is 1. The van der Waals surface area contributed by atoms with Crippen LogP contribution >= 0.6 is 15.9 Å². The molecule has 7 heteroatoms. The van der Waals surface area contributed by atoms with Crippen molar-refractivity contribution in [1.82, 2.24) is 20.0 Å². The Labute approximate surface area is 239 Å². The van der Waals surface area contributed by atoms with Gasteiger partial charge in [0.05, 0.1) is 18.2 Å². The van der Waals surface area contributed by atoms with Gasteiger partial charge in [0.1, 0.15) is 0 Å². The van der Waals surface area contributed by atoms with Crippen molar-refractivity contribution in [3.63, 3.8) is 0 Å². The highest BCUT2D eigenvalue weighted by Crippen LogP contribution is 2.34.